The highest BCUT2D eigenvalue weighted by atomic mass is 19.1. The molecule has 0 bridgehead atoms. The predicted octanol–water partition coefficient (Wildman–Crippen LogP) is 4.45. The Morgan fingerprint density at radius 2 is 1.69 bits per heavy atom. The van der Waals surface area contributed by atoms with Crippen LogP contribution in [-0.2, 0) is 11.3 Å². The van der Waals surface area contributed by atoms with Crippen LogP contribution in [0.15, 0.2) is 102 Å². The van der Waals surface area contributed by atoms with Gasteiger partial charge < -0.3 is 4.74 Å². The van der Waals surface area contributed by atoms with Gasteiger partial charge in [-0.2, -0.15) is 10.2 Å². The normalized spacial score (nSPS) is 11.1. The first kappa shape index (κ1) is 23.3. The van der Waals surface area contributed by atoms with Gasteiger partial charge in [0.15, 0.2) is 5.69 Å². The highest BCUT2D eigenvalue weighted by Gasteiger charge is 2.10. The van der Waals surface area contributed by atoms with E-state index in [0.717, 1.165) is 5.56 Å². The van der Waals surface area contributed by atoms with Crippen molar-refractivity contribution in [2.24, 2.45) is 5.10 Å². The highest BCUT2D eigenvalue weighted by molar-refractivity contribution is 5.93. The number of carbonyl (C=O) groups excluding carboxylic acids is 2. The summed E-state index contributed by atoms with van der Waals surface area (Å²) < 4.78 is 20.5. The number of amides is 1. The third kappa shape index (κ3) is 6.82. The summed E-state index contributed by atoms with van der Waals surface area (Å²) in [5.74, 6) is -0.932. The van der Waals surface area contributed by atoms with E-state index in [2.05, 4.69) is 15.6 Å². The average molecular weight is 468 g/mol. The molecular weight excluding hydrogens is 447 g/mol. The van der Waals surface area contributed by atoms with E-state index in [1.165, 1.54) is 29.1 Å². The van der Waals surface area contributed by atoms with Crippen LogP contribution in [0.2, 0.25) is 0 Å². The van der Waals surface area contributed by atoms with Crippen LogP contribution in [0.25, 0.3) is 6.08 Å². The average Bonchev–Trinajstić information content (AvgIpc) is 3.35. The van der Waals surface area contributed by atoms with Crippen molar-refractivity contribution in [3.8, 4) is 5.75 Å². The molecular formula is C27H21FN4O3. The van der Waals surface area contributed by atoms with Crippen LogP contribution < -0.4 is 10.2 Å². The molecule has 0 atom stereocenters. The maximum absolute atomic E-state index is 13.8. The fourth-order valence-electron chi connectivity index (χ4n) is 3.10. The molecule has 1 aromatic heterocycles. The van der Waals surface area contributed by atoms with E-state index in [4.69, 9.17) is 4.74 Å². The summed E-state index contributed by atoms with van der Waals surface area (Å²) in [6, 6.07) is 24.0. The van der Waals surface area contributed by atoms with Crippen molar-refractivity contribution in [2.45, 2.75) is 6.54 Å². The number of carbonyl (C=O) groups is 2. The number of hydrazone groups is 1. The van der Waals surface area contributed by atoms with Crippen LogP contribution in [0.4, 0.5) is 4.39 Å². The van der Waals surface area contributed by atoms with Crippen LogP contribution in [0.1, 0.15) is 27.2 Å². The summed E-state index contributed by atoms with van der Waals surface area (Å²) in [4.78, 5) is 24.2. The monoisotopic (exact) mass is 468 g/mol. The fraction of sp³-hybridized carbons (Fsp3) is 0.0370. The van der Waals surface area contributed by atoms with Crippen molar-refractivity contribution >= 4 is 24.2 Å². The molecule has 0 spiro atoms. The van der Waals surface area contributed by atoms with E-state index in [1.807, 2.05) is 30.3 Å². The Bertz CT molecular complexity index is 1360. The number of esters is 1. The summed E-state index contributed by atoms with van der Waals surface area (Å²) >= 11 is 0. The lowest BCUT2D eigenvalue weighted by molar-refractivity contribution is -0.128. The molecule has 0 fully saturated rings. The van der Waals surface area contributed by atoms with E-state index in [9.17, 15) is 14.0 Å². The number of ether oxygens (including phenoxy) is 1. The van der Waals surface area contributed by atoms with Crippen LogP contribution in [-0.4, -0.2) is 27.9 Å². The minimum absolute atomic E-state index is 0.157. The summed E-state index contributed by atoms with van der Waals surface area (Å²) in [7, 11) is 0. The van der Waals surface area contributed by atoms with Gasteiger partial charge >= 0.3 is 5.97 Å². The predicted molar refractivity (Wildman–Crippen MR) is 130 cm³/mol. The molecule has 174 valence electrons. The Balaban J connectivity index is 1.27. The minimum Gasteiger partial charge on any atom is -0.423 e. The van der Waals surface area contributed by atoms with Crippen molar-refractivity contribution in [3.63, 3.8) is 0 Å². The summed E-state index contributed by atoms with van der Waals surface area (Å²) in [6.45, 7) is 0.211. The van der Waals surface area contributed by atoms with Crippen molar-refractivity contribution in [1.82, 2.24) is 15.2 Å². The van der Waals surface area contributed by atoms with Gasteiger partial charge in [-0.05, 0) is 53.6 Å². The lowest BCUT2D eigenvalue weighted by Gasteiger charge is -2.03. The van der Waals surface area contributed by atoms with E-state index >= 15 is 0 Å². The molecule has 0 aliphatic carbocycles. The minimum atomic E-state index is -0.496. The second-order valence-corrected chi connectivity index (χ2v) is 7.42. The summed E-state index contributed by atoms with van der Waals surface area (Å²) in [5, 5.41) is 8.08. The van der Waals surface area contributed by atoms with Crippen molar-refractivity contribution < 1.29 is 18.7 Å². The van der Waals surface area contributed by atoms with Gasteiger partial charge in [0.05, 0.1) is 12.8 Å². The van der Waals surface area contributed by atoms with Gasteiger partial charge in [-0.15, -0.1) is 0 Å². The lowest BCUT2D eigenvalue weighted by Crippen LogP contribution is -2.18. The van der Waals surface area contributed by atoms with Gasteiger partial charge in [-0.3, -0.25) is 9.48 Å². The quantitative estimate of drug-likeness (QED) is 0.136. The first-order valence-corrected chi connectivity index (χ1v) is 10.7. The smallest absolute Gasteiger partial charge is 0.336 e. The molecule has 1 amide bonds. The van der Waals surface area contributed by atoms with Gasteiger partial charge in [0, 0.05) is 17.8 Å². The zero-order chi connectivity index (χ0) is 24.5. The topological polar surface area (TPSA) is 85.6 Å². The Hall–Kier alpha value is -4.85. The number of rotatable bonds is 8. The molecule has 35 heavy (non-hydrogen) atoms. The Morgan fingerprint density at radius 3 is 2.46 bits per heavy atom. The zero-order valence-corrected chi connectivity index (χ0v) is 18.5. The first-order valence-electron chi connectivity index (χ1n) is 10.7. The number of nitrogens with one attached hydrogen (secondary N) is 1. The fourth-order valence-corrected chi connectivity index (χ4v) is 3.10. The number of aromatic nitrogens is 2. The molecule has 3 aromatic carbocycles. The molecule has 0 aliphatic heterocycles. The molecule has 0 aliphatic rings. The Kier molecular flexibility index (Phi) is 7.55. The Labute approximate surface area is 201 Å². The summed E-state index contributed by atoms with van der Waals surface area (Å²) in [5.41, 5.74) is 4.62. The maximum Gasteiger partial charge on any atom is 0.336 e. The van der Waals surface area contributed by atoms with Crippen molar-refractivity contribution in [2.75, 3.05) is 0 Å². The van der Waals surface area contributed by atoms with Gasteiger partial charge in [-0.1, -0.05) is 48.5 Å². The maximum atomic E-state index is 13.8. The van der Waals surface area contributed by atoms with Crippen LogP contribution in [0.5, 0.6) is 5.75 Å². The lowest BCUT2D eigenvalue weighted by atomic mass is 10.2. The molecule has 7 nitrogen and oxygen atoms in total. The number of halogens is 1. The standard InChI is InChI=1S/C27H21FN4O3/c28-24-9-5-4-8-22(24)19-32-17-16-25(31-32)27(34)30-29-18-21-10-13-23(14-11-21)35-26(33)15-12-20-6-2-1-3-7-20/h1-18H,19H2,(H,30,34)/b15-12+,29-18+. The summed E-state index contributed by atoms with van der Waals surface area (Å²) in [6.07, 6.45) is 6.09. The van der Waals surface area contributed by atoms with E-state index < -0.39 is 11.9 Å². The Morgan fingerprint density at radius 1 is 0.943 bits per heavy atom. The highest BCUT2D eigenvalue weighted by Crippen LogP contribution is 2.12. The van der Waals surface area contributed by atoms with Gasteiger partial charge in [-0.25, -0.2) is 14.6 Å². The number of hydrogen-bond donors (Lipinski definition) is 1. The zero-order valence-electron chi connectivity index (χ0n) is 18.5. The third-order valence-corrected chi connectivity index (χ3v) is 4.85. The molecule has 0 unspecified atom stereocenters. The van der Waals surface area contributed by atoms with Gasteiger partial charge in [0.2, 0.25) is 0 Å². The van der Waals surface area contributed by atoms with Crippen molar-refractivity contribution in [1.29, 1.82) is 0 Å². The largest absolute Gasteiger partial charge is 0.423 e. The second kappa shape index (κ2) is 11.3. The van der Waals surface area contributed by atoms with Crippen LogP contribution in [0.3, 0.4) is 0 Å². The molecule has 0 saturated heterocycles. The molecule has 0 radical (unpaired) electrons. The molecule has 8 heteroatoms. The molecule has 1 N–H and O–H groups in total. The SMILES string of the molecule is O=C(/C=C/c1ccccc1)Oc1ccc(/C=N/NC(=O)c2ccn(Cc3ccccc3F)n2)cc1. The molecule has 4 aromatic rings. The van der Waals surface area contributed by atoms with E-state index in [-0.39, 0.29) is 18.1 Å². The second-order valence-electron chi connectivity index (χ2n) is 7.42. The number of nitrogens with zero attached hydrogens (tertiary/aromatic N) is 3. The van der Waals surface area contributed by atoms with Gasteiger partial charge in [0.1, 0.15) is 11.6 Å². The van der Waals surface area contributed by atoms with E-state index in [1.54, 1.807) is 54.7 Å². The molecule has 1 heterocycles. The van der Waals surface area contributed by atoms with Crippen LogP contribution >= 0.6 is 0 Å². The number of hydrogen-bond acceptors (Lipinski definition) is 5. The molecule has 0 saturated carbocycles. The molecule has 4 rings (SSSR count). The number of benzene rings is 3. The third-order valence-electron chi connectivity index (χ3n) is 4.85. The van der Waals surface area contributed by atoms with Gasteiger partial charge in [0.25, 0.3) is 5.91 Å². The first-order chi connectivity index (χ1) is 17.1. The van der Waals surface area contributed by atoms with Crippen molar-refractivity contribution in [3.05, 3.63) is 125 Å². The van der Waals surface area contributed by atoms with Crippen LogP contribution in [0, 0.1) is 5.82 Å². The van der Waals surface area contributed by atoms with E-state index in [0.29, 0.717) is 16.9 Å².